The van der Waals surface area contributed by atoms with E-state index in [2.05, 4.69) is 0 Å². The summed E-state index contributed by atoms with van der Waals surface area (Å²) in [6, 6.07) is 15.5. The zero-order valence-corrected chi connectivity index (χ0v) is 12.8. The molecule has 2 rings (SSSR count). The Morgan fingerprint density at radius 2 is 1.71 bits per heavy atom. The standard InChI is InChI=1S/C16H16N2O2S/c1-3-18(15-10-6-4-8-13(15)2)21(19,20)16-11-7-5-9-14(16)12-17/h4-11H,3H2,1-2H3. The molecule has 0 radical (unpaired) electrons. The molecule has 0 unspecified atom stereocenters. The van der Waals surface area contributed by atoms with Crippen LogP contribution in [0.1, 0.15) is 18.1 Å². The summed E-state index contributed by atoms with van der Waals surface area (Å²) < 4.78 is 27.1. The Labute approximate surface area is 125 Å². The van der Waals surface area contributed by atoms with Gasteiger partial charge in [-0.15, -0.1) is 0 Å². The second-order valence-corrected chi connectivity index (χ2v) is 6.39. The van der Waals surface area contributed by atoms with Crippen LogP contribution in [-0.4, -0.2) is 15.0 Å². The Bertz CT molecular complexity index is 792. The van der Waals surface area contributed by atoms with Crippen LogP contribution in [0.3, 0.4) is 0 Å². The summed E-state index contributed by atoms with van der Waals surface area (Å²) in [6.07, 6.45) is 0. The molecule has 4 nitrogen and oxygen atoms in total. The van der Waals surface area contributed by atoms with Crippen LogP contribution < -0.4 is 4.31 Å². The number of benzene rings is 2. The summed E-state index contributed by atoms with van der Waals surface area (Å²) in [5.74, 6) is 0. The zero-order chi connectivity index (χ0) is 15.5. The molecule has 0 atom stereocenters. The molecule has 0 aliphatic rings. The first-order valence-corrected chi connectivity index (χ1v) is 8.04. The first-order chi connectivity index (χ1) is 10.0. The number of rotatable bonds is 4. The number of nitrogens with zero attached hydrogens (tertiary/aromatic N) is 2. The molecule has 5 heteroatoms. The quantitative estimate of drug-likeness (QED) is 0.871. The van der Waals surface area contributed by atoms with E-state index in [0.717, 1.165) is 5.56 Å². The normalized spacial score (nSPS) is 10.9. The van der Waals surface area contributed by atoms with Crippen molar-refractivity contribution in [3.63, 3.8) is 0 Å². The van der Waals surface area contributed by atoms with E-state index < -0.39 is 10.0 Å². The van der Waals surface area contributed by atoms with E-state index in [0.29, 0.717) is 12.2 Å². The molecule has 0 aromatic heterocycles. The van der Waals surface area contributed by atoms with Gasteiger partial charge in [0.2, 0.25) is 0 Å². The van der Waals surface area contributed by atoms with Gasteiger partial charge in [-0.25, -0.2) is 8.42 Å². The number of hydrogen-bond acceptors (Lipinski definition) is 3. The molecule has 0 bridgehead atoms. The lowest BCUT2D eigenvalue weighted by atomic mass is 10.2. The third-order valence-corrected chi connectivity index (χ3v) is 5.19. The largest absolute Gasteiger partial charge is 0.266 e. The van der Waals surface area contributed by atoms with E-state index in [4.69, 9.17) is 5.26 Å². The highest BCUT2D eigenvalue weighted by molar-refractivity contribution is 7.92. The highest BCUT2D eigenvalue weighted by atomic mass is 32.2. The predicted octanol–water partition coefficient (Wildman–Crippen LogP) is 3.08. The van der Waals surface area contributed by atoms with Crippen molar-refractivity contribution in [2.75, 3.05) is 10.8 Å². The molecule has 0 amide bonds. The third kappa shape index (κ3) is 2.76. The molecule has 0 fully saturated rings. The van der Waals surface area contributed by atoms with Gasteiger partial charge >= 0.3 is 0 Å². The minimum atomic E-state index is -3.76. The molecule has 0 saturated carbocycles. The van der Waals surface area contributed by atoms with Gasteiger partial charge in [-0.3, -0.25) is 4.31 Å². The lowest BCUT2D eigenvalue weighted by Crippen LogP contribution is -2.31. The summed E-state index contributed by atoms with van der Waals surface area (Å²) in [6.45, 7) is 3.94. The lowest BCUT2D eigenvalue weighted by molar-refractivity contribution is 0.591. The van der Waals surface area contributed by atoms with Crippen LogP contribution in [0, 0.1) is 18.3 Å². The molecule has 2 aromatic rings. The number of nitriles is 1. The van der Waals surface area contributed by atoms with Crippen LogP contribution in [-0.2, 0) is 10.0 Å². The first-order valence-electron chi connectivity index (χ1n) is 6.60. The molecule has 0 aliphatic carbocycles. The minimum absolute atomic E-state index is 0.0394. The van der Waals surface area contributed by atoms with Crippen molar-refractivity contribution in [2.24, 2.45) is 0 Å². The number of anilines is 1. The van der Waals surface area contributed by atoms with Crippen LogP contribution in [0.15, 0.2) is 53.4 Å². The van der Waals surface area contributed by atoms with E-state index >= 15 is 0 Å². The van der Waals surface area contributed by atoms with E-state index in [1.54, 1.807) is 31.2 Å². The van der Waals surface area contributed by atoms with Crippen molar-refractivity contribution in [1.82, 2.24) is 0 Å². The fourth-order valence-corrected chi connectivity index (χ4v) is 3.90. The van der Waals surface area contributed by atoms with E-state index in [9.17, 15) is 8.42 Å². The van der Waals surface area contributed by atoms with Gasteiger partial charge in [0.25, 0.3) is 10.0 Å². The highest BCUT2D eigenvalue weighted by Crippen LogP contribution is 2.27. The van der Waals surface area contributed by atoms with Crippen LogP contribution in [0.4, 0.5) is 5.69 Å². The van der Waals surface area contributed by atoms with Crippen molar-refractivity contribution in [3.8, 4) is 6.07 Å². The fourth-order valence-electron chi connectivity index (χ4n) is 2.22. The minimum Gasteiger partial charge on any atom is -0.266 e. The Kier molecular flexibility index (Phi) is 4.29. The van der Waals surface area contributed by atoms with Gasteiger partial charge < -0.3 is 0 Å². The van der Waals surface area contributed by atoms with Gasteiger partial charge in [-0.2, -0.15) is 5.26 Å². The lowest BCUT2D eigenvalue weighted by Gasteiger charge is -2.24. The van der Waals surface area contributed by atoms with Crippen LogP contribution in [0.2, 0.25) is 0 Å². The average molecular weight is 300 g/mol. The highest BCUT2D eigenvalue weighted by Gasteiger charge is 2.26. The molecular weight excluding hydrogens is 284 g/mol. The zero-order valence-electron chi connectivity index (χ0n) is 11.9. The van der Waals surface area contributed by atoms with E-state index in [-0.39, 0.29) is 10.5 Å². The maximum Gasteiger partial charge on any atom is 0.265 e. The number of sulfonamides is 1. The van der Waals surface area contributed by atoms with Gasteiger partial charge in [0.15, 0.2) is 0 Å². The van der Waals surface area contributed by atoms with Gasteiger partial charge in [0, 0.05) is 6.54 Å². The predicted molar refractivity (Wildman–Crippen MR) is 82.5 cm³/mol. The first kappa shape index (κ1) is 15.1. The van der Waals surface area contributed by atoms with Crippen molar-refractivity contribution in [2.45, 2.75) is 18.7 Å². The summed E-state index contributed by atoms with van der Waals surface area (Å²) in [7, 11) is -3.76. The molecule has 0 spiro atoms. The Hall–Kier alpha value is -2.32. The van der Waals surface area contributed by atoms with Crippen molar-refractivity contribution in [1.29, 1.82) is 5.26 Å². The van der Waals surface area contributed by atoms with E-state index in [1.807, 2.05) is 25.1 Å². The summed E-state index contributed by atoms with van der Waals surface area (Å²) >= 11 is 0. The van der Waals surface area contributed by atoms with Crippen molar-refractivity contribution in [3.05, 3.63) is 59.7 Å². The number of para-hydroxylation sites is 1. The van der Waals surface area contributed by atoms with Gasteiger partial charge in [0.05, 0.1) is 11.3 Å². The smallest absolute Gasteiger partial charge is 0.265 e. The summed E-state index contributed by atoms with van der Waals surface area (Å²) in [4.78, 5) is 0.0394. The summed E-state index contributed by atoms with van der Waals surface area (Å²) in [5.41, 5.74) is 1.66. The molecule has 21 heavy (non-hydrogen) atoms. The maximum absolute atomic E-state index is 12.9. The fraction of sp³-hybridized carbons (Fsp3) is 0.188. The Morgan fingerprint density at radius 1 is 1.10 bits per heavy atom. The van der Waals surface area contributed by atoms with Crippen LogP contribution in [0.5, 0.6) is 0 Å². The maximum atomic E-state index is 12.9. The van der Waals surface area contributed by atoms with Crippen LogP contribution >= 0.6 is 0 Å². The van der Waals surface area contributed by atoms with Crippen molar-refractivity contribution >= 4 is 15.7 Å². The Balaban J connectivity index is 2.62. The molecule has 2 aromatic carbocycles. The molecule has 108 valence electrons. The van der Waals surface area contributed by atoms with Gasteiger partial charge in [0.1, 0.15) is 11.0 Å². The van der Waals surface area contributed by atoms with Crippen molar-refractivity contribution < 1.29 is 8.42 Å². The molecule has 0 heterocycles. The SMILES string of the molecule is CCN(c1ccccc1C)S(=O)(=O)c1ccccc1C#N. The molecule has 0 saturated heterocycles. The summed E-state index contributed by atoms with van der Waals surface area (Å²) in [5, 5.41) is 9.13. The molecular formula is C16H16N2O2S. The monoisotopic (exact) mass is 300 g/mol. The molecule has 0 N–H and O–H groups in total. The molecule has 0 aliphatic heterocycles. The van der Waals surface area contributed by atoms with Crippen LogP contribution in [0.25, 0.3) is 0 Å². The second-order valence-electron chi connectivity index (χ2n) is 4.56. The Morgan fingerprint density at radius 3 is 2.33 bits per heavy atom. The van der Waals surface area contributed by atoms with Gasteiger partial charge in [-0.05, 0) is 37.6 Å². The van der Waals surface area contributed by atoms with E-state index in [1.165, 1.54) is 16.4 Å². The third-order valence-electron chi connectivity index (χ3n) is 3.25. The van der Waals surface area contributed by atoms with Gasteiger partial charge in [-0.1, -0.05) is 30.3 Å². The topological polar surface area (TPSA) is 61.2 Å². The number of aryl methyl sites for hydroxylation is 1. The number of hydrogen-bond donors (Lipinski definition) is 0. The second kappa shape index (κ2) is 5.98. The average Bonchev–Trinajstić information content (AvgIpc) is 2.49.